The molecule has 0 aromatic carbocycles. The first-order valence-corrected chi connectivity index (χ1v) is 4.63. The van der Waals surface area contributed by atoms with Gasteiger partial charge in [-0.15, -0.1) is 10.2 Å². The van der Waals surface area contributed by atoms with E-state index in [-0.39, 0.29) is 0 Å². The quantitative estimate of drug-likeness (QED) is 0.690. The number of aldehydes is 1. The summed E-state index contributed by atoms with van der Waals surface area (Å²) in [5, 5.41) is 8.01. The van der Waals surface area contributed by atoms with E-state index >= 15 is 0 Å². The number of nitrogens with zero attached hydrogens (tertiary/aromatic N) is 3. The number of methoxy groups -OCH3 is 1. The Balaban J connectivity index is 2.42. The standard InChI is InChI=1S/C10H11N3O2/c1-15-5-4-10-12-11-9-3-2-8(7-14)6-13(9)10/h2-3,6-7H,4-5H2,1H3. The summed E-state index contributed by atoms with van der Waals surface area (Å²) in [4.78, 5) is 10.6. The van der Waals surface area contributed by atoms with Crippen molar-refractivity contribution in [1.82, 2.24) is 14.6 Å². The van der Waals surface area contributed by atoms with Gasteiger partial charge in [0.1, 0.15) is 5.82 Å². The third-order valence-corrected chi connectivity index (χ3v) is 2.16. The van der Waals surface area contributed by atoms with Crippen LogP contribution in [0.5, 0.6) is 0 Å². The highest BCUT2D eigenvalue weighted by Gasteiger charge is 2.05. The van der Waals surface area contributed by atoms with Crippen LogP contribution >= 0.6 is 0 Å². The fraction of sp³-hybridized carbons (Fsp3) is 0.300. The van der Waals surface area contributed by atoms with Gasteiger partial charge in [0.15, 0.2) is 11.9 Å². The second-order valence-corrected chi connectivity index (χ2v) is 3.17. The summed E-state index contributed by atoms with van der Waals surface area (Å²) in [6, 6.07) is 3.49. The zero-order chi connectivity index (χ0) is 10.7. The molecular weight excluding hydrogens is 194 g/mol. The Bertz CT molecular complexity index is 478. The number of carbonyl (C=O) groups is 1. The molecule has 15 heavy (non-hydrogen) atoms. The molecule has 0 bridgehead atoms. The number of pyridine rings is 1. The molecule has 78 valence electrons. The summed E-state index contributed by atoms with van der Waals surface area (Å²) in [6.45, 7) is 0.589. The van der Waals surface area contributed by atoms with Crippen molar-refractivity contribution in [1.29, 1.82) is 0 Å². The molecule has 2 rings (SSSR count). The zero-order valence-electron chi connectivity index (χ0n) is 8.38. The molecule has 0 aliphatic carbocycles. The molecule has 0 atom stereocenters. The summed E-state index contributed by atoms with van der Waals surface area (Å²) in [5.41, 5.74) is 1.35. The first-order valence-electron chi connectivity index (χ1n) is 4.63. The largest absolute Gasteiger partial charge is 0.384 e. The molecule has 0 radical (unpaired) electrons. The van der Waals surface area contributed by atoms with E-state index < -0.39 is 0 Å². The maximum atomic E-state index is 10.6. The number of rotatable bonds is 4. The Morgan fingerprint density at radius 1 is 1.47 bits per heavy atom. The lowest BCUT2D eigenvalue weighted by molar-refractivity contribution is 0.112. The summed E-state index contributed by atoms with van der Waals surface area (Å²) >= 11 is 0. The highest BCUT2D eigenvalue weighted by atomic mass is 16.5. The second kappa shape index (κ2) is 4.18. The van der Waals surface area contributed by atoms with Crippen LogP contribution in [0.4, 0.5) is 0 Å². The van der Waals surface area contributed by atoms with Gasteiger partial charge in [0, 0.05) is 25.3 Å². The normalized spacial score (nSPS) is 10.7. The summed E-state index contributed by atoms with van der Waals surface area (Å²) in [5.74, 6) is 0.801. The Hall–Kier alpha value is -1.75. The van der Waals surface area contributed by atoms with Crippen molar-refractivity contribution in [2.24, 2.45) is 0 Å². The number of ether oxygens (including phenoxy) is 1. The van der Waals surface area contributed by atoms with Gasteiger partial charge in [-0.3, -0.25) is 9.20 Å². The maximum absolute atomic E-state index is 10.6. The maximum Gasteiger partial charge on any atom is 0.160 e. The Morgan fingerprint density at radius 2 is 2.33 bits per heavy atom. The second-order valence-electron chi connectivity index (χ2n) is 3.17. The van der Waals surface area contributed by atoms with E-state index in [1.54, 1.807) is 25.4 Å². The molecule has 0 saturated carbocycles. The predicted octanol–water partition coefficient (Wildman–Crippen LogP) is 0.731. The first kappa shape index (κ1) is 9.79. The van der Waals surface area contributed by atoms with Crippen LogP contribution in [0.25, 0.3) is 5.65 Å². The molecular formula is C10H11N3O2. The lowest BCUT2D eigenvalue weighted by atomic mass is 10.3. The highest BCUT2D eigenvalue weighted by Crippen LogP contribution is 2.06. The lowest BCUT2D eigenvalue weighted by Crippen LogP contribution is -2.01. The van der Waals surface area contributed by atoms with Gasteiger partial charge in [0.25, 0.3) is 0 Å². The van der Waals surface area contributed by atoms with Gasteiger partial charge in [-0.2, -0.15) is 0 Å². The topological polar surface area (TPSA) is 56.5 Å². The molecule has 5 heteroatoms. The van der Waals surface area contributed by atoms with Crippen LogP contribution in [-0.4, -0.2) is 34.6 Å². The van der Waals surface area contributed by atoms with Crippen LogP contribution in [0, 0.1) is 0 Å². The molecule has 5 nitrogen and oxygen atoms in total. The monoisotopic (exact) mass is 205 g/mol. The Labute approximate surface area is 86.7 Å². The van der Waals surface area contributed by atoms with Gasteiger partial charge in [0.05, 0.1) is 6.61 Å². The molecule has 0 N–H and O–H groups in total. The predicted molar refractivity (Wildman–Crippen MR) is 54.0 cm³/mol. The van der Waals surface area contributed by atoms with Crippen molar-refractivity contribution in [2.75, 3.05) is 13.7 Å². The van der Waals surface area contributed by atoms with Gasteiger partial charge >= 0.3 is 0 Å². The summed E-state index contributed by atoms with van der Waals surface area (Å²) < 4.78 is 6.78. The van der Waals surface area contributed by atoms with Crippen molar-refractivity contribution in [3.8, 4) is 0 Å². The molecule has 0 spiro atoms. The Morgan fingerprint density at radius 3 is 3.07 bits per heavy atom. The SMILES string of the molecule is COCCc1nnc2ccc(C=O)cn12. The van der Waals surface area contributed by atoms with Crippen LogP contribution in [0.2, 0.25) is 0 Å². The molecule has 0 saturated heterocycles. The number of carbonyl (C=O) groups excluding carboxylic acids is 1. The van der Waals surface area contributed by atoms with Gasteiger partial charge in [-0.25, -0.2) is 0 Å². The fourth-order valence-corrected chi connectivity index (χ4v) is 1.39. The molecule has 2 aromatic rings. The molecule has 0 aliphatic rings. The summed E-state index contributed by atoms with van der Waals surface area (Å²) in [7, 11) is 1.64. The first-order chi connectivity index (χ1) is 7.35. The van der Waals surface area contributed by atoms with Crippen LogP contribution in [-0.2, 0) is 11.2 Å². The van der Waals surface area contributed by atoms with E-state index in [4.69, 9.17) is 4.74 Å². The van der Waals surface area contributed by atoms with Crippen molar-refractivity contribution in [3.63, 3.8) is 0 Å². The zero-order valence-corrected chi connectivity index (χ0v) is 8.38. The van der Waals surface area contributed by atoms with Gasteiger partial charge in [0.2, 0.25) is 0 Å². The number of hydrogen-bond donors (Lipinski definition) is 0. The number of aromatic nitrogens is 3. The van der Waals surface area contributed by atoms with Crippen molar-refractivity contribution in [3.05, 3.63) is 29.7 Å². The molecule has 0 aliphatic heterocycles. The third kappa shape index (κ3) is 1.87. The van der Waals surface area contributed by atoms with Gasteiger partial charge in [-0.1, -0.05) is 0 Å². The van der Waals surface area contributed by atoms with Gasteiger partial charge < -0.3 is 4.74 Å². The average Bonchev–Trinajstić information content (AvgIpc) is 2.68. The fourth-order valence-electron chi connectivity index (χ4n) is 1.39. The van der Waals surface area contributed by atoms with Crippen LogP contribution in [0.3, 0.4) is 0 Å². The van der Waals surface area contributed by atoms with Gasteiger partial charge in [-0.05, 0) is 12.1 Å². The van der Waals surface area contributed by atoms with Crippen LogP contribution in [0.1, 0.15) is 16.2 Å². The van der Waals surface area contributed by atoms with E-state index in [9.17, 15) is 4.79 Å². The van der Waals surface area contributed by atoms with Crippen molar-refractivity contribution < 1.29 is 9.53 Å². The van der Waals surface area contributed by atoms with Crippen molar-refractivity contribution in [2.45, 2.75) is 6.42 Å². The minimum absolute atomic E-state index is 0.589. The smallest absolute Gasteiger partial charge is 0.160 e. The van der Waals surface area contributed by atoms with E-state index in [1.165, 1.54) is 0 Å². The molecule has 0 fully saturated rings. The van der Waals surface area contributed by atoms with Crippen molar-refractivity contribution >= 4 is 11.9 Å². The minimum Gasteiger partial charge on any atom is -0.384 e. The van der Waals surface area contributed by atoms with E-state index in [0.717, 1.165) is 17.8 Å². The minimum atomic E-state index is 0.589. The Kier molecular flexibility index (Phi) is 2.73. The van der Waals surface area contributed by atoms with Crippen LogP contribution < -0.4 is 0 Å². The number of fused-ring (bicyclic) bond motifs is 1. The third-order valence-electron chi connectivity index (χ3n) is 2.16. The lowest BCUT2D eigenvalue weighted by Gasteiger charge is -1.99. The molecule has 2 aromatic heterocycles. The van der Waals surface area contributed by atoms with E-state index in [0.29, 0.717) is 18.6 Å². The molecule has 0 amide bonds. The van der Waals surface area contributed by atoms with E-state index in [1.807, 2.05) is 4.40 Å². The summed E-state index contributed by atoms with van der Waals surface area (Å²) in [6.07, 6.45) is 3.22. The molecule has 0 unspecified atom stereocenters. The van der Waals surface area contributed by atoms with Crippen LogP contribution in [0.15, 0.2) is 18.3 Å². The number of hydrogen-bond acceptors (Lipinski definition) is 4. The highest BCUT2D eigenvalue weighted by molar-refractivity contribution is 5.74. The average molecular weight is 205 g/mol. The molecule has 2 heterocycles. The van der Waals surface area contributed by atoms with E-state index in [2.05, 4.69) is 10.2 Å².